The van der Waals surface area contributed by atoms with Crippen molar-refractivity contribution in [1.29, 1.82) is 0 Å². The number of hydrogen-bond acceptors (Lipinski definition) is 6. The molecule has 1 aliphatic rings. The molecule has 0 fully saturated rings. The summed E-state index contributed by atoms with van der Waals surface area (Å²) >= 11 is 0. The second-order valence-electron chi connectivity index (χ2n) is 9.41. The van der Waals surface area contributed by atoms with Gasteiger partial charge in [0.05, 0.1) is 12.8 Å². The third kappa shape index (κ3) is 5.54. The Labute approximate surface area is 232 Å². The molecule has 204 valence electrons. The number of aryl methyl sites for hydroxylation is 2. The highest BCUT2D eigenvalue weighted by atomic mass is 16.7. The van der Waals surface area contributed by atoms with Crippen LogP contribution in [0.4, 0.5) is 5.95 Å². The van der Waals surface area contributed by atoms with Gasteiger partial charge >= 0.3 is 0 Å². The first kappa shape index (κ1) is 26.6. The minimum Gasteiger partial charge on any atom is -0.497 e. The van der Waals surface area contributed by atoms with E-state index in [1.807, 2.05) is 67.1 Å². The van der Waals surface area contributed by atoms with Gasteiger partial charge in [-0.2, -0.15) is 0 Å². The first-order chi connectivity index (χ1) is 19.4. The lowest BCUT2D eigenvalue weighted by molar-refractivity contribution is -0.116. The molecule has 9 nitrogen and oxygen atoms in total. The van der Waals surface area contributed by atoms with Crippen LogP contribution in [0.15, 0.2) is 79.5 Å². The van der Waals surface area contributed by atoms with Crippen molar-refractivity contribution in [1.82, 2.24) is 14.5 Å². The van der Waals surface area contributed by atoms with Crippen LogP contribution in [0.5, 0.6) is 17.2 Å². The molecule has 0 saturated carbocycles. The molecule has 3 aromatic carbocycles. The largest absolute Gasteiger partial charge is 0.497 e. The Balaban J connectivity index is 1.41. The predicted molar refractivity (Wildman–Crippen MR) is 152 cm³/mol. The van der Waals surface area contributed by atoms with E-state index in [0.29, 0.717) is 28.7 Å². The maximum absolute atomic E-state index is 13.3. The molecule has 4 aromatic rings. The quantitative estimate of drug-likeness (QED) is 0.296. The van der Waals surface area contributed by atoms with Crippen LogP contribution in [0, 0.1) is 13.8 Å². The summed E-state index contributed by atoms with van der Waals surface area (Å²) in [6.45, 7) is 7.92. The highest BCUT2D eigenvalue weighted by Gasteiger charge is 2.23. The monoisotopic (exact) mass is 538 g/mol. The predicted octanol–water partition coefficient (Wildman–Crippen LogP) is 5.16. The maximum atomic E-state index is 13.3. The standard InChI is InChI=1S/C31H30N4O5/c1-5-14-34(30(37)23-9-13-27-28(16-23)40-19-39-27)18-29(36)33-31-32-26(22-7-11-25(38-4)12-8-22)17-35(31)24-10-6-20(2)21(3)15-24/h5-13,15-17H,1,14,18-19H2,2-4H3,(H,32,33,36). The molecule has 0 bridgehead atoms. The minimum atomic E-state index is -0.395. The van der Waals surface area contributed by atoms with Crippen LogP contribution >= 0.6 is 0 Å². The number of anilines is 1. The Kier molecular flexibility index (Phi) is 7.54. The summed E-state index contributed by atoms with van der Waals surface area (Å²) in [5, 5.41) is 2.91. The van der Waals surface area contributed by atoms with Gasteiger partial charge in [0, 0.05) is 29.6 Å². The van der Waals surface area contributed by atoms with Crippen LogP contribution < -0.4 is 19.5 Å². The van der Waals surface area contributed by atoms with Crippen molar-refractivity contribution < 1.29 is 23.8 Å². The van der Waals surface area contributed by atoms with Crippen LogP contribution in [0.2, 0.25) is 0 Å². The van der Waals surface area contributed by atoms with Gasteiger partial charge in [0.1, 0.15) is 12.3 Å². The van der Waals surface area contributed by atoms with E-state index >= 15 is 0 Å². The van der Waals surface area contributed by atoms with Crippen molar-refractivity contribution in [3.05, 3.63) is 96.2 Å². The minimum absolute atomic E-state index is 0.109. The number of nitrogens with zero attached hydrogens (tertiary/aromatic N) is 3. The number of carbonyl (C=O) groups excluding carboxylic acids is 2. The van der Waals surface area contributed by atoms with Crippen molar-refractivity contribution in [3.63, 3.8) is 0 Å². The molecule has 0 spiro atoms. The number of imidazole rings is 1. The van der Waals surface area contributed by atoms with Gasteiger partial charge in [-0.25, -0.2) is 4.98 Å². The summed E-state index contributed by atoms with van der Waals surface area (Å²) in [7, 11) is 1.62. The SMILES string of the molecule is C=CCN(CC(=O)Nc1nc(-c2ccc(OC)cc2)cn1-c1ccc(C)c(C)c1)C(=O)c1ccc2c(c1)OCO2. The molecule has 0 radical (unpaired) electrons. The van der Waals surface area contributed by atoms with Crippen molar-refractivity contribution in [3.8, 4) is 34.2 Å². The third-order valence-corrected chi connectivity index (χ3v) is 6.70. The fourth-order valence-corrected chi connectivity index (χ4v) is 4.37. The summed E-state index contributed by atoms with van der Waals surface area (Å²) in [4.78, 5) is 32.7. The molecule has 1 aliphatic heterocycles. The van der Waals surface area contributed by atoms with E-state index in [0.717, 1.165) is 28.1 Å². The molecule has 2 heterocycles. The Morgan fingerprint density at radius 3 is 2.55 bits per heavy atom. The van der Waals surface area contributed by atoms with E-state index in [4.69, 9.17) is 19.2 Å². The summed E-state index contributed by atoms with van der Waals surface area (Å²) in [5.74, 6) is 1.43. The van der Waals surface area contributed by atoms with Gasteiger partial charge in [-0.3, -0.25) is 19.5 Å². The normalized spacial score (nSPS) is 11.7. The zero-order chi connectivity index (χ0) is 28.2. The number of ether oxygens (including phenoxy) is 3. The fraction of sp³-hybridized carbons (Fsp3) is 0.194. The Morgan fingerprint density at radius 1 is 1.05 bits per heavy atom. The summed E-state index contributed by atoms with van der Waals surface area (Å²) in [6, 6.07) is 18.5. The van der Waals surface area contributed by atoms with Crippen molar-refractivity contribution >= 4 is 17.8 Å². The van der Waals surface area contributed by atoms with E-state index in [2.05, 4.69) is 11.9 Å². The van der Waals surface area contributed by atoms with Gasteiger partial charge in [-0.05, 0) is 79.6 Å². The molecule has 0 atom stereocenters. The van der Waals surface area contributed by atoms with Crippen LogP contribution in [-0.4, -0.2) is 53.3 Å². The number of fused-ring (bicyclic) bond motifs is 1. The Hall–Kier alpha value is -5.05. The second-order valence-corrected chi connectivity index (χ2v) is 9.41. The highest BCUT2D eigenvalue weighted by Crippen LogP contribution is 2.33. The molecule has 40 heavy (non-hydrogen) atoms. The Bertz CT molecular complexity index is 1580. The number of methoxy groups -OCH3 is 1. The number of hydrogen-bond donors (Lipinski definition) is 1. The molecule has 0 unspecified atom stereocenters. The molecule has 0 aliphatic carbocycles. The lowest BCUT2D eigenvalue weighted by Gasteiger charge is -2.21. The molecular weight excluding hydrogens is 508 g/mol. The molecule has 0 saturated heterocycles. The number of aromatic nitrogens is 2. The van der Waals surface area contributed by atoms with E-state index in [9.17, 15) is 9.59 Å². The lowest BCUT2D eigenvalue weighted by atomic mass is 10.1. The van der Waals surface area contributed by atoms with Crippen LogP contribution in [0.1, 0.15) is 21.5 Å². The van der Waals surface area contributed by atoms with Gasteiger partial charge in [-0.1, -0.05) is 12.1 Å². The third-order valence-electron chi connectivity index (χ3n) is 6.70. The van der Waals surface area contributed by atoms with Crippen molar-refractivity contribution in [2.75, 3.05) is 32.3 Å². The molecule has 9 heteroatoms. The fourth-order valence-electron chi connectivity index (χ4n) is 4.37. The lowest BCUT2D eigenvalue weighted by Crippen LogP contribution is -2.38. The van der Waals surface area contributed by atoms with Gasteiger partial charge < -0.3 is 19.1 Å². The summed E-state index contributed by atoms with van der Waals surface area (Å²) in [6.07, 6.45) is 3.46. The number of benzene rings is 3. The van der Waals surface area contributed by atoms with Crippen molar-refractivity contribution in [2.45, 2.75) is 13.8 Å². The highest BCUT2D eigenvalue weighted by molar-refractivity contribution is 5.99. The number of nitrogens with one attached hydrogen (secondary N) is 1. The average Bonchev–Trinajstić information content (AvgIpc) is 3.61. The number of carbonyl (C=O) groups is 2. The topological polar surface area (TPSA) is 94.9 Å². The van der Waals surface area contributed by atoms with E-state index < -0.39 is 5.91 Å². The number of amides is 2. The second kappa shape index (κ2) is 11.4. The molecule has 5 rings (SSSR count). The molecular formula is C31H30N4O5. The van der Waals surface area contributed by atoms with Gasteiger partial charge in [0.25, 0.3) is 5.91 Å². The van der Waals surface area contributed by atoms with E-state index in [-0.39, 0.29) is 25.8 Å². The van der Waals surface area contributed by atoms with Crippen molar-refractivity contribution in [2.24, 2.45) is 0 Å². The van der Waals surface area contributed by atoms with Crippen LogP contribution in [0.3, 0.4) is 0 Å². The van der Waals surface area contributed by atoms with Gasteiger partial charge in [0.2, 0.25) is 18.6 Å². The number of rotatable bonds is 9. The van der Waals surface area contributed by atoms with Crippen LogP contribution in [0.25, 0.3) is 16.9 Å². The molecule has 1 aromatic heterocycles. The van der Waals surface area contributed by atoms with Gasteiger partial charge in [0.15, 0.2) is 11.5 Å². The first-order valence-corrected chi connectivity index (χ1v) is 12.8. The molecule has 1 N–H and O–H groups in total. The van der Waals surface area contributed by atoms with Gasteiger partial charge in [-0.15, -0.1) is 6.58 Å². The average molecular weight is 539 g/mol. The molecule has 2 amide bonds. The summed E-state index contributed by atoms with van der Waals surface area (Å²) < 4.78 is 17.8. The Morgan fingerprint density at radius 2 is 1.82 bits per heavy atom. The van der Waals surface area contributed by atoms with E-state index in [1.54, 1.807) is 31.4 Å². The van der Waals surface area contributed by atoms with E-state index in [1.165, 1.54) is 4.90 Å². The maximum Gasteiger partial charge on any atom is 0.254 e. The zero-order valence-electron chi connectivity index (χ0n) is 22.6. The van der Waals surface area contributed by atoms with Crippen LogP contribution in [-0.2, 0) is 4.79 Å². The summed E-state index contributed by atoms with van der Waals surface area (Å²) in [5.41, 5.74) is 5.05. The zero-order valence-corrected chi connectivity index (χ0v) is 22.6. The first-order valence-electron chi connectivity index (χ1n) is 12.8. The smallest absolute Gasteiger partial charge is 0.254 e.